The molecule has 1 N–H and O–H groups in total. The van der Waals surface area contributed by atoms with Gasteiger partial charge < -0.3 is 14.5 Å². The summed E-state index contributed by atoms with van der Waals surface area (Å²) in [6.07, 6.45) is 0.240. The Balaban J connectivity index is 1.88. The fourth-order valence-electron chi connectivity index (χ4n) is 2.53. The molecule has 0 amide bonds. The first kappa shape index (κ1) is 17.3. The molecule has 0 aliphatic heterocycles. The highest BCUT2D eigenvalue weighted by Crippen LogP contribution is 2.15. The number of nitrogens with one attached hydrogen (secondary N) is 1. The van der Waals surface area contributed by atoms with Gasteiger partial charge in [-0.3, -0.25) is 4.79 Å². The molecule has 0 unspecified atom stereocenters. The second-order valence-corrected chi connectivity index (χ2v) is 5.52. The summed E-state index contributed by atoms with van der Waals surface area (Å²) in [6.45, 7) is -0.464. The van der Waals surface area contributed by atoms with E-state index in [2.05, 4.69) is 14.7 Å². The first-order valence-corrected chi connectivity index (χ1v) is 7.88. The monoisotopic (exact) mass is 352 g/mol. The van der Waals surface area contributed by atoms with E-state index in [1.165, 1.54) is 7.11 Å². The lowest BCUT2D eigenvalue weighted by Gasteiger charge is -2.09. The van der Waals surface area contributed by atoms with E-state index in [1.54, 1.807) is 48.5 Å². The van der Waals surface area contributed by atoms with Crippen LogP contribution in [0.15, 0.2) is 53.3 Å². The van der Waals surface area contributed by atoms with E-state index < -0.39 is 18.5 Å². The number of hydrogen-bond acceptors (Lipinski definition) is 6. The van der Waals surface area contributed by atoms with Crippen LogP contribution < -0.4 is 5.56 Å². The average molecular weight is 352 g/mol. The molecule has 3 rings (SSSR count). The Morgan fingerprint density at radius 1 is 1.08 bits per heavy atom. The SMILES string of the molecule is COC(=O)COC(=O)c1ccccc1Cc1nc2ccccc2c(=O)[nH]1. The summed E-state index contributed by atoms with van der Waals surface area (Å²) in [4.78, 5) is 42.7. The molecule has 0 aliphatic rings. The number of methoxy groups -OCH3 is 1. The van der Waals surface area contributed by atoms with E-state index in [9.17, 15) is 14.4 Å². The minimum atomic E-state index is -0.644. The molecular weight excluding hydrogens is 336 g/mol. The average Bonchev–Trinajstić information content (AvgIpc) is 2.66. The Morgan fingerprint density at radius 2 is 1.81 bits per heavy atom. The topological polar surface area (TPSA) is 98.3 Å². The lowest BCUT2D eigenvalue weighted by Crippen LogP contribution is -2.17. The molecule has 0 saturated carbocycles. The molecule has 0 bridgehead atoms. The second-order valence-electron chi connectivity index (χ2n) is 5.52. The number of carbonyl (C=O) groups excluding carboxylic acids is 2. The third-order valence-corrected chi connectivity index (χ3v) is 3.81. The summed E-state index contributed by atoms with van der Waals surface area (Å²) < 4.78 is 9.40. The van der Waals surface area contributed by atoms with Crippen LogP contribution in [0, 0.1) is 0 Å². The first-order chi connectivity index (χ1) is 12.6. The van der Waals surface area contributed by atoms with Crippen LogP contribution in [0.1, 0.15) is 21.7 Å². The standard InChI is InChI=1S/C19H16N2O5/c1-25-17(22)11-26-19(24)13-7-3-2-6-12(13)10-16-20-15-9-5-4-8-14(15)18(23)21-16/h2-9H,10-11H2,1H3,(H,20,21,23). The van der Waals surface area contributed by atoms with Crippen molar-refractivity contribution in [2.45, 2.75) is 6.42 Å². The van der Waals surface area contributed by atoms with Crippen molar-refractivity contribution in [3.63, 3.8) is 0 Å². The van der Waals surface area contributed by atoms with Crippen molar-refractivity contribution in [1.29, 1.82) is 0 Å². The van der Waals surface area contributed by atoms with Gasteiger partial charge in [-0.25, -0.2) is 14.6 Å². The second kappa shape index (κ2) is 7.60. The molecule has 132 valence electrons. The summed E-state index contributed by atoms with van der Waals surface area (Å²) in [7, 11) is 1.21. The molecule has 1 aromatic heterocycles. The van der Waals surface area contributed by atoms with Crippen LogP contribution in [0.3, 0.4) is 0 Å². The highest BCUT2D eigenvalue weighted by atomic mass is 16.6. The number of hydrogen-bond donors (Lipinski definition) is 1. The molecular formula is C19H16N2O5. The van der Waals surface area contributed by atoms with E-state index in [0.717, 1.165) is 0 Å². The van der Waals surface area contributed by atoms with Crippen LogP contribution in [-0.4, -0.2) is 35.6 Å². The normalized spacial score (nSPS) is 10.5. The quantitative estimate of drug-likeness (QED) is 0.704. The van der Waals surface area contributed by atoms with Crippen LogP contribution >= 0.6 is 0 Å². The van der Waals surface area contributed by atoms with Gasteiger partial charge in [0, 0.05) is 6.42 Å². The molecule has 0 aliphatic carbocycles. The van der Waals surface area contributed by atoms with Crippen LogP contribution in [0.4, 0.5) is 0 Å². The zero-order chi connectivity index (χ0) is 18.5. The van der Waals surface area contributed by atoms with Gasteiger partial charge in [-0.05, 0) is 23.8 Å². The molecule has 0 spiro atoms. The van der Waals surface area contributed by atoms with E-state index in [-0.39, 0.29) is 12.0 Å². The molecule has 2 aromatic carbocycles. The highest BCUT2D eigenvalue weighted by molar-refractivity contribution is 5.92. The Morgan fingerprint density at radius 3 is 2.62 bits per heavy atom. The van der Waals surface area contributed by atoms with Crippen LogP contribution in [0.5, 0.6) is 0 Å². The van der Waals surface area contributed by atoms with Gasteiger partial charge in [0.1, 0.15) is 5.82 Å². The van der Waals surface area contributed by atoms with E-state index in [4.69, 9.17) is 4.74 Å². The summed E-state index contributed by atoms with van der Waals surface area (Å²) in [5, 5.41) is 0.502. The minimum absolute atomic E-state index is 0.239. The van der Waals surface area contributed by atoms with E-state index >= 15 is 0 Å². The van der Waals surface area contributed by atoms with Crippen molar-refractivity contribution in [3.8, 4) is 0 Å². The number of H-pyrrole nitrogens is 1. The number of aromatic nitrogens is 2. The van der Waals surface area contributed by atoms with Gasteiger partial charge in [0.25, 0.3) is 5.56 Å². The van der Waals surface area contributed by atoms with Crippen LogP contribution in [-0.2, 0) is 20.7 Å². The van der Waals surface area contributed by atoms with Gasteiger partial charge in [0.2, 0.25) is 0 Å². The molecule has 0 radical (unpaired) electrons. The number of nitrogens with zero attached hydrogens (tertiary/aromatic N) is 1. The highest BCUT2D eigenvalue weighted by Gasteiger charge is 2.15. The molecule has 3 aromatic rings. The van der Waals surface area contributed by atoms with E-state index in [1.807, 2.05) is 0 Å². The smallest absolute Gasteiger partial charge is 0.344 e. The Bertz CT molecular complexity index is 1030. The fourth-order valence-corrected chi connectivity index (χ4v) is 2.53. The predicted molar refractivity (Wildman–Crippen MR) is 93.9 cm³/mol. The lowest BCUT2D eigenvalue weighted by atomic mass is 10.0. The number of fused-ring (bicyclic) bond motifs is 1. The third kappa shape index (κ3) is 3.77. The number of para-hydroxylation sites is 1. The first-order valence-electron chi connectivity index (χ1n) is 7.88. The van der Waals surface area contributed by atoms with Crippen molar-refractivity contribution >= 4 is 22.8 Å². The zero-order valence-electron chi connectivity index (χ0n) is 14.0. The summed E-state index contributed by atoms with van der Waals surface area (Å²) in [5.41, 5.74) is 1.27. The van der Waals surface area contributed by atoms with Crippen LogP contribution in [0.2, 0.25) is 0 Å². The van der Waals surface area contributed by atoms with Crippen molar-refractivity contribution in [3.05, 3.63) is 75.8 Å². The molecule has 0 fully saturated rings. The maximum Gasteiger partial charge on any atom is 0.344 e. The molecule has 7 heteroatoms. The summed E-state index contributed by atoms with van der Waals surface area (Å²) in [6, 6.07) is 13.8. The number of esters is 2. The van der Waals surface area contributed by atoms with Gasteiger partial charge in [-0.2, -0.15) is 0 Å². The fraction of sp³-hybridized carbons (Fsp3) is 0.158. The maximum atomic E-state index is 12.2. The van der Waals surface area contributed by atoms with Gasteiger partial charge >= 0.3 is 11.9 Å². The number of ether oxygens (including phenoxy) is 2. The molecule has 26 heavy (non-hydrogen) atoms. The van der Waals surface area contributed by atoms with Gasteiger partial charge in [-0.1, -0.05) is 30.3 Å². The number of carbonyl (C=O) groups is 2. The third-order valence-electron chi connectivity index (χ3n) is 3.81. The summed E-state index contributed by atoms with van der Waals surface area (Å²) >= 11 is 0. The molecule has 1 heterocycles. The zero-order valence-corrected chi connectivity index (χ0v) is 14.0. The largest absolute Gasteiger partial charge is 0.466 e. The Labute approximate surface area is 148 Å². The van der Waals surface area contributed by atoms with Gasteiger partial charge in [-0.15, -0.1) is 0 Å². The van der Waals surface area contributed by atoms with Crippen LogP contribution in [0.25, 0.3) is 10.9 Å². The van der Waals surface area contributed by atoms with Gasteiger partial charge in [0.05, 0.1) is 23.6 Å². The number of rotatable bonds is 5. The lowest BCUT2D eigenvalue weighted by molar-refractivity contribution is -0.144. The maximum absolute atomic E-state index is 12.2. The number of aromatic amines is 1. The Hall–Kier alpha value is -3.48. The number of benzene rings is 2. The Kier molecular flexibility index (Phi) is 5.07. The predicted octanol–water partition coefficient (Wildman–Crippen LogP) is 1.84. The van der Waals surface area contributed by atoms with E-state index in [0.29, 0.717) is 27.9 Å². The molecule has 7 nitrogen and oxygen atoms in total. The van der Waals surface area contributed by atoms with Crippen molar-refractivity contribution in [2.24, 2.45) is 0 Å². The summed E-state index contributed by atoms with van der Waals surface area (Å²) in [5.74, 6) is -0.854. The van der Waals surface area contributed by atoms with Crippen molar-refractivity contribution in [2.75, 3.05) is 13.7 Å². The molecule has 0 saturated heterocycles. The molecule has 0 atom stereocenters. The van der Waals surface area contributed by atoms with Crippen molar-refractivity contribution in [1.82, 2.24) is 9.97 Å². The minimum Gasteiger partial charge on any atom is -0.466 e. The van der Waals surface area contributed by atoms with Crippen molar-refractivity contribution < 1.29 is 19.1 Å². The van der Waals surface area contributed by atoms with Gasteiger partial charge in [0.15, 0.2) is 6.61 Å².